The maximum atomic E-state index is 11.2. The molecule has 4 nitrogen and oxygen atoms in total. The van der Waals surface area contributed by atoms with Crippen LogP contribution >= 0.6 is 23.5 Å². The van der Waals surface area contributed by atoms with E-state index < -0.39 is 23.1 Å². The molecule has 0 aromatic heterocycles. The van der Waals surface area contributed by atoms with Crippen LogP contribution in [0.25, 0.3) is 0 Å². The fraction of sp³-hybridized carbons (Fsp3) is 0.810. The number of hydrogen-bond acceptors (Lipinski definition) is 6. The van der Waals surface area contributed by atoms with Gasteiger partial charge in [-0.2, -0.15) is 18.2 Å². The Morgan fingerprint density at radius 2 is 1.07 bits per heavy atom. The van der Waals surface area contributed by atoms with Crippen LogP contribution in [0.4, 0.5) is 0 Å². The monoisotopic (exact) mass is 509 g/mol. The Morgan fingerprint density at radius 3 is 1.32 bits per heavy atom. The van der Waals surface area contributed by atoms with Gasteiger partial charge in [-0.25, -0.2) is 0 Å². The molecule has 0 bridgehead atoms. The molecule has 7 heteroatoms. The molecule has 0 N–H and O–H groups in total. The molecule has 0 aliphatic heterocycles. The van der Waals surface area contributed by atoms with Crippen LogP contribution in [0.2, 0.25) is 0 Å². The molecule has 1 radical (unpaired) electrons. The minimum absolute atomic E-state index is 0. The second kappa shape index (κ2) is 13.8. The maximum Gasteiger partial charge on any atom is 0.177 e. The Bertz CT molecular complexity index is 411. The standard InChI is InChI=1S/C11H19O4.C10H21S2.Y/c1-10(2,3)14-8(12)7-9(13)15-11(4,5)6;1-9(2,3)11-7-8-12-10(4,5)6;/h7H,1-6H3;7H,8H2,1-6H3;/q2*-1;. The molecule has 0 heterocycles. The molecule has 0 aromatic carbocycles. The van der Waals surface area contributed by atoms with E-state index in [2.05, 4.69) is 47.3 Å². The van der Waals surface area contributed by atoms with Gasteiger partial charge in [0.1, 0.15) is 11.2 Å². The second-order valence-electron chi connectivity index (χ2n) is 10.0. The first-order valence-corrected chi connectivity index (χ1v) is 11.0. The predicted molar refractivity (Wildman–Crippen MR) is 120 cm³/mol. The molecule has 0 aliphatic carbocycles. The average molecular weight is 510 g/mol. The van der Waals surface area contributed by atoms with E-state index in [-0.39, 0.29) is 32.7 Å². The van der Waals surface area contributed by atoms with Crippen LogP contribution in [-0.2, 0) is 51.8 Å². The summed E-state index contributed by atoms with van der Waals surface area (Å²) >= 11 is 3.93. The van der Waals surface area contributed by atoms with Crippen molar-refractivity contribution >= 4 is 35.5 Å². The van der Waals surface area contributed by atoms with Crippen LogP contribution in [0.15, 0.2) is 0 Å². The van der Waals surface area contributed by atoms with Gasteiger partial charge in [0, 0.05) is 37.5 Å². The molecule has 0 aromatic rings. The summed E-state index contributed by atoms with van der Waals surface area (Å²) in [6, 6.07) is 0. The fourth-order valence-electron chi connectivity index (χ4n) is 1.33. The molecule has 0 unspecified atom stereocenters. The fourth-order valence-corrected chi connectivity index (χ4v) is 2.87. The first-order valence-electron chi connectivity index (χ1n) is 9.14. The molecule has 28 heavy (non-hydrogen) atoms. The van der Waals surface area contributed by atoms with Crippen molar-refractivity contribution in [3.05, 3.63) is 12.2 Å². The number of carbonyl (C=O) groups excluding carboxylic acids is 2. The SMILES string of the molecule is CC(C)(C)OC(=O)[CH-]C(=O)OC(C)(C)C.CC(C)(C)S[CH-]CSC(C)(C)C.[Y]. The Labute approximate surface area is 207 Å². The largest absolute Gasteiger partial charge is 0.482 e. The molecule has 165 valence electrons. The quantitative estimate of drug-likeness (QED) is 0.194. The minimum Gasteiger partial charge on any atom is -0.482 e. The zero-order valence-electron chi connectivity index (χ0n) is 19.9. The van der Waals surface area contributed by atoms with Gasteiger partial charge in [0.05, 0.1) is 0 Å². The molecular formula is C21H40O4S2Y-2. The third-order valence-corrected chi connectivity index (χ3v) is 4.52. The predicted octanol–water partition coefficient (Wildman–Crippen LogP) is 6.08. The van der Waals surface area contributed by atoms with E-state index >= 15 is 0 Å². The van der Waals surface area contributed by atoms with Crippen LogP contribution in [0.1, 0.15) is 83.1 Å². The van der Waals surface area contributed by atoms with Gasteiger partial charge in [0.25, 0.3) is 0 Å². The van der Waals surface area contributed by atoms with Crippen molar-refractivity contribution in [2.24, 2.45) is 0 Å². The summed E-state index contributed by atoms with van der Waals surface area (Å²) in [6.07, 6.45) is 0.816. The third-order valence-electron chi connectivity index (χ3n) is 2.07. The van der Waals surface area contributed by atoms with Crippen molar-refractivity contribution in [1.82, 2.24) is 0 Å². The minimum atomic E-state index is -0.684. The number of carbonyl (C=O) groups is 2. The van der Waals surface area contributed by atoms with Gasteiger partial charge in [0.15, 0.2) is 11.9 Å². The molecular weight excluding hydrogens is 469 g/mol. The van der Waals surface area contributed by atoms with Crippen molar-refractivity contribution in [1.29, 1.82) is 0 Å². The summed E-state index contributed by atoms with van der Waals surface area (Å²) in [4.78, 5) is 22.4. The number of hydrogen-bond donors (Lipinski definition) is 0. The van der Waals surface area contributed by atoms with Gasteiger partial charge in [0.2, 0.25) is 0 Å². The summed E-state index contributed by atoms with van der Waals surface area (Å²) in [6.45, 7) is 23.9. The van der Waals surface area contributed by atoms with Gasteiger partial charge < -0.3 is 21.2 Å². The van der Waals surface area contributed by atoms with Crippen LogP contribution in [0.3, 0.4) is 0 Å². The first kappa shape index (κ1) is 33.3. The molecule has 0 aliphatic rings. The van der Waals surface area contributed by atoms with Gasteiger partial charge in [-0.15, -0.1) is 5.75 Å². The molecule has 0 spiro atoms. The summed E-state index contributed by atoms with van der Waals surface area (Å²) in [7, 11) is 0. The summed E-state index contributed by atoms with van der Waals surface area (Å²) in [5.41, 5.74) is -1.20. The Hall–Kier alpha value is 0.614. The molecule has 0 saturated heterocycles. The molecule has 0 atom stereocenters. The van der Waals surface area contributed by atoms with Crippen LogP contribution in [0, 0.1) is 12.2 Å². The molecule has 0 fully saturated rings. The van der Waals surface area contributed by atoms with Crippen LogP contribution < -0.4 is 0 Å². The van der Waals surface area contributed by atoms with Gasteiger partial charge in [-0.1, -0.05) is 41.5 Å². The van der Waals surface area contributed by atoms with E-state index in [0.717, 1.165) is 12.2 Å². The van der Waals surface area contributed by atoms with Crippen molar-refractivity contribution in [3.8, 4) is 0 Å². The van der Waals surface area contributed by atoms with Crippen molar-refractivity contribution < 1.29 is 51.8 Å². The van der Waals surface area contributed by atoms with E-state index in [1.54, 1.807) is 41.5 Å². The summed E-state index contributed by atoms with van der Waals surface area (Å²) in [5, 5.41) is 0. The number of ether oxygens (including phenoxy) is 2. The number of thioether (sulfide) groups is 2. The van der Waals surface area contributed by atoms with Crippen molar-refractivity contribution in [3.63, 3.8) is 0 Å². The Morgan fingerprint density at radius 1 is 0.714 bits per heavy atom. The Balaban J connectivity index is -0.000000441. The van der Waals surface area contributed by atoms with E-state index in [0.29, 0.717) is 9.49 Å². The molecule has 0 rings (SSSR count). The molecule has 0 saturated carbocycles. The summed E-state index contributed by atoms with van der Waals surface area (Å²) in [5.74, 6) is 2.09. The molecule has 0 amide bonds. The van der Waals surface area contributed by atoms with Crippen LogP contribution in [-0.4, -0.2) is 38.4 Å². The van der Waals surface area contributed by atoms with Crippen LogP contribution in [0.5, 0.6) is 0 Å². The maximum absolute atomic E-state index is 11.2. The average Bonchev–Trinajstić information content (AvgIpc) is 2.27. The zero-order valence-corrected chi connectivity index (χ0v) is 24.4. The normalized spacial score (nSPS) is 12.1. The van der Waals surface area contributed by atoms with Crippen molar-refractivity contribution in [2.45, 2.75) is 104 Å². The smallest absolute Gasteiger partial charge is 0.177 e. The van der Waals surface area contributed by atoms with E-state index in [9.17, 15) is 9.59 Å². The topological polar surface area (TPSA) is 52.6 Å². The van der Waals surface area contributed by atoms with E-state index in [4.69, 9.17) is 9.47 Å². The number of esters is 2. The van der Waals surface area contributed by atoms with E-state index in [1.165, 1.54) is 0 Å². The van der Waals surface area contributed by atoms with Gasteiger partial charge in [-0.3, -0.25) is 15.3 Å². The van der Waals surface area contributed by atoms with Gasteiger partial charge in [-0.05, 0) is 46.3 Å². The summed E-state index contributed by atoms with van der Waals surface area (Å²) < 4.78 is 10.6. The van der Waals surface area contributed by atoms with Crippen molar-refractivity contribution in [2.75, 3.05) is 5.75 Å². The zero-order chi connectivity index (χ0) is 22.1. The first-order chi connectivity index (χ1) is 11.7. The van der Waals surface area contributed by atoms with E-state index in [1.807, 2.05) is 23.5 Å². The Kier molecular flexibility index (Phi) is 16.4. The third kappa shape index (κ3) is 31.3. The number of rotatable bonds is 5. The van der Waals surface area contributed by atoms with Gasteiger partial charge >= 0.3 is 0 Å². The second-order valence-corrected chi connectivity index (χ2v) is 13.7.